The molecule has 0 saturated heterocycles. The first-order chi connectivity index (χ1) is 4.84. The SMILES string of the molecule is CO[C@@H]1OC=CC=C[C@@H]1C. The third-order valence-corrected chi connectivity index (χ3v) is 1.48. The van der Waals surface area contributed by atoms with Crippen LogP contribution in [0.2, 0.25) is 0 Å². The summed E-state index contributed by atoms with van der Waals surface area (Å²) in [5, 5.41) is 0. The average molecular weight is 140 g/mol. The van der Waals surface area contributed by atoms with E-state index in [0.717, 1.165) is 0 Å². The second-order valence-electron chi connectivity index (χ2n) is 2.31. The van der Waals surface area contributed by atoms with Crippen LogP contribution in [0.15, 0.2) is 24.5 Å². The van der Waals surface area contributed by atoms with Crippen molar-refractivity contribution in [2.75, 3.05) is 7.11 Å². The third kappa shape index (κ3) is 1.61. The Kier molecular flexibility index (Phi) is 2.51. The lowest BCUT2D eigenvalue weighted by Crippen LogP contribution is -2.19. The number of ether oxygens (including phenoxy) is 2. The second kappa shape index (κ2) is 3.42. The first-order valence-electron chi connectivity index (χ1n) is 3.36. The fraction of sp³-hybridized carbons (Fsp3) is 0.500. The Hall–Kier alpha value is -0.760. The molecule has 0 aromatic rings. The molecule has 1 heterocycles. The van der Waals surface area contributed by atoms with E-state index in [1.807, 2.05) is 12.2 Å². The monoisotopic (exact) mass is 140 g/mol. The van der Waals surface area contributed by atoms with Gasteiger partial charge in [0.1, 0.15) is 0 Å². The van der Waals surface area contributed by atoms with Crippen LogP contribution in [0.4, 0.5) is 0 Å². The first kappa shape index (κ1) is 7.35. The minimum absolute atomic E-state index is 0.130. The summed E-state index contributed by atoms with van der Waals surface area (Å²) in [6.07, 6.45) is 7.39. The number of hydrogen-bond acceptors (Lipinski definition) is 2. The van der Waals surface area contributed by atoms with E-state index in [4.69, 9.17) is 9.47 Å². The van der Waals surface area contributed by atoms with E-state index < -0.39 is 0 Å². The van der Waals surface area contributed by atoms with Crippen LogP contribution in [0.3, 0.4) is 0 Å². The van der Waals surface area contributed by atoms with Crippen molar-refractivity contribution in [3.05, 3.63) is 24.5 Å². The Morgan fingerprint density at radius 1 is 1.40 bits per heavy atom. The molecule has 56 valence electrons. The van der Waals surface area contributed by atoms with Gasteiger partial charge in [-0.05, 0) is 6.08 Å². The van der Waals surface area contributed by atoms with Gasteiger partial charge in [-0.25, -0.2) is 0 Å². The van der Waals surface area contributed by atoms with Gasteiger partial charge in [-0.15, -0.1) is 0 Å². The Morgan fingerprint density at radius 2 is 2.20 bits per heavy atom. The zero-order chi connectivity index (χ0) is 7.40. The van der Waals surface area contributed by atoms with Gasteiger partial charge >= 0.3 is 0 Å². The van der Waals surface area contributed by atoms with Crippen molar-refractivity contribution in [3.63, 3.8) is 0 Å². The van der Waals surface area contributed by atoms with Crippen LogP contribution in [0.25, 0.3) is 0 Å². The van der Waals surface area contributed by atoms with Gasteiger partial charge in [0.05, 0.1) is 6.26 Å². The Balaban J connectivity index is 2.56. The van der Waals surface area contributed by atoms with Crippen molar-refractivity contribution in [2.24, 2.45) is 5.92 Å². The average Bonchev–Trinajstić information content (AvgIpc) is 2.13. The highest BCUT2D eigenvalue weighted by atomic mass is 16.7. The van der Waals surface area contributed by atoms with Crippen molar-refractivity contribution in [2.45, 2.75) is 13.2 Å². The zero-order valence-corrected chi connectivity index (χ0v) is 6.28. The van der Waals surface area contributed by atoms with E-state index >= 15 is 0 Å². The van der Waals surface area contributed by atoms with E-state index in [-0.39, 0.29) is 6.29 Å². The summed E-state index contributed by atoms with van der Waals surface area (Å²) >= 11 is 0. The first-order valence-corrected chi connectivity index (χ1v) is 3.36. The summed E-state index contributed by atoms with van der Waals surface area (Å²) in [4.78, 5) is 0. The molecule has 0 N–H and O–H groups in total. The van der Waals surface area contributed by atoms with Crippen LogP contribution in [-0.2, 0) is 9.47 Å². The van der Waals surface area contributed by atoms with E-state index in [1.165, 1.54) is 0 Å². The molecule has 0 aliphatic carbocycles. The van der Waals surface area contributed by atoms with Gasteiger partial charge in [-0.1, -0.05) is 19.1 Å². The molecule has 0 aromatic heterocycles. The Labute approximate surface area is 61.1 Å². The minimum atomic E-state index is -0.130. The summed E-state index contributed by atoms with van der Waals surface area (Å²) in [6.45, 7) is 2.05. The third-order valence-electron chi connectivity index (χ3n) is 1.48. The van der Waals surface area contributed by atoms with Crippen LogP contribution >= 0.6 is 0 Å². The molecule has 2 atom stereocenters. The van der Waals surface area contributed by atoms with E-state index in [1.54, 1.807) is 13.4 Å². The molecule has 1 aliphatic rings. The summed E-state index contributed by atoms with van der Waals surface area (Å²) in [5.74, 6) is 0.319. The van der Waals surface area contributed by atoms with E-state index in [0.29, 0.717) is 5.92 Å². The normalized spacial score (nSPS) is 31.4. The minimum Gasteiger partial charge on any atom is -0.472 e. The fourth-order valence-corrected chi connectivity index (χ4v) is 0.892. The van der Waals surface area contributed by atoms with Crippen LogP contribution in [0, 0.1) is 5.92 Å². The van der Waals surface area contributed by atoms with Crippen molar-refractivity contribution in [3.8, 4) is 0 Å². The van der Waals surface area contributed by atoms with Gasteiger partial charge in [0.2, 0.25) is 6.29 Å². The van der Waals surface area contributed by atoms with Crippen molar-refractivity contribution in [1.82, 2.24) is 0 Å². The maximum atomic E-state index is 5.20. The molecule has 1 rings (SSSR count). The van der Waals surface area contributed by atoms with Gasteiger partial charge in [0.25, 0.3) is 0 Å². The van der Waals surface area contributed by atoms with Gasteiger partial charge in [0.15, 0.2) is 0 Å². The molecule has 0 bridgehead atoms. The van der Waals surface area contributed by atoms with Gasteiger partial charge < -0.3 is 9.47 Å². The smallest absolute Gasteiger partial charge is 0.204 e. The standard InChI is InChI=1S/C8H12O2/c1-7-5-3-4-6-10-8(7)9-2/h3-8H,1-2H3/t7-,8+/m0/s1. The van der Waals surface area contributed by atoms with E-state index in [9.17, 15) is 0 Å². The highest BCUT2D eigenvalue weighted by Crippen LogP contribution is 2.12. The summed E-state index contributed by atoms with van der Waals surface area (Å²) in [5.41, 5.74) is 0. The Morgan fingerprint density at radius 3 is 2.90 bits per heavy atom. The summed E-state index contributed by atoms with van der Waals surface area (Å²) < 4.78 is 10.3. The summed E-state index contributed by atoms with van der Waals surface area (Å²) in [6, 6.07) is 0. The van der Waals surface area contributed by atoms with Crippen LogP contribution < -0.4 is 0 Å². The van der Waals surface area contributed by atoms with Crippen molar-refractivity contribution >= 4 is 0 Å². The number of rotatable bonds is 1. The molecule has 0 saturated carbocycles. The Bertz CT molecular complexity index is 149. The molecule has 0 unspecified atom stereocenters. The van der Waals surface area contributed by atoms with Gasteiger partial charge in [-0.2, -0.15) is 0 Å². The topological polar surface area (TPSA) is 18.5 Å². The maximum absolute atomic E-state index is 5.20. The predicted molar refractivity (Wildman–Crippen MR) is 39.3 cm³/mol. The largest absolute Gasteiger partial charge is 0.472 e. The van der Waals surface area contributed by atoms with Crippen LogP contribution in [0.1, 0.15) is 6.92 Å². The molecule has 2 nitrogen and oxygen atoms in total. The maximum Gasteiger partial charge on any atom is 0.204 e. The zero-order valence-electron chi connectivity index (χ0n) is 6.28. The quantitative estimate of drug-likeness (QED) is 0.552. The van der Waals surface area contributed by atoms with E-state index in [2.05, 4.69) is 13.0 Å². The highest BCUT2D eigenvalue weighted by Gasteiger charge is 2.14. The molecule has 1 aliphatic heterocycles. The second-order valence-corrected chi connectivity index (χ2v) is 2.31. The molecule has 0 aromatic carbocycles. The fourth-order valence-electron chi connectivity index (χ4n) is 0.892. The number of hydrogen-bond donors (Lipinski definition) is 0. The van der Waals surface area contributed by atoms with Crippen LogP contribution in [-0.4, -0.2) is 13.4 Å². The highest BCUT2D eigenvalue weighted by molar-refractivity contribution is 5.04. The van der Waals surface area contributed by atoms with Crippen molar-refractivity contribution in [1.29, 1.82) is 0 Å². The molecule has 10 heavy (non-hydrogen) atoms. The molecule has 2 heteroatoms. The molecular formula is C8H12O2. The van der Waals surface area contributed by atoms with Gasteiger partial charge in [0, 0.05) is 13.0 Å². The van der Waals surface area contributed by atoms with Crippen molar-refractivity contribution < 1.29 is 9.47 Å². The lowest BCUT2D eigenvalue weighted by Gasteiger charge is -2.17. The molecule has 0 spiro atoms. The molecular weight excluding hydrogens is 128 g/mol. The number of allylic oxidation sites excluding steroid dienone is 2. The molecule has 0 amide bonds. The van der Waals surface area contributed by atoms with Gasteiger partial charge in [-0.3, -0.25) is 0 Å². The predicted octanol–water partition coefficient (Wildman–Crippen LogP) is 1.70. The lowest BCUT2D eigenvalue weighted by atomic mass is 10.1. The molecule has 0 fully saturated rings. The number of methoxy groups -OCH3 is 1. The summed E-state index contributed by atoms with van der Waals surface area (Å²) in [7, 11) is 1.65. The molecule has 0 radical (unpaired) electrons. The van der Waals surface area contributed by atoms with Crippen LogP contribution in [0.5, 0.6) is 0 Å². The lowest BCUT2D eigenvalue weighted by molar-refractivity contribution is -0.103.